The van der Waals surface area contributed by atoms with E-state index in [1.807, 2.05) is 126 Å². The maximum atomic E-state index is 14.4. The first kappa shape index (κ1) is 97.3. The number of aromatic nitrogens is 6. The molecule has 12 aromatic rings. The highest BCUT2D eigenvalue weighted by Gasteiger charge is 2.43. The van der Waals surface area contributed by atoms with Gasteiger partial charge in [0.15, 0.2) is 17.5 Å². The summed E-state index contributed by atoms with van der Waals surface area (Å²) < 4.78 is 134. The van der Waals surface area contributed by atoms with Crippen molar-refractivity contribution in [2.75, 3.05) is 186 Å². The molecule has 6 amide bonds. The maximum absolute atomic E-state index is 14.4. The molecule has 3 aromatic heterocycles. The Hall–Kier alpha value is -14.8. The molecule has 9 heterocycles. The highest BCUT2D eigenvalue weighted by Crippen LogP contribution is 2.49. The minimum atomic E-state index is -4.56. The molecular weight excluding hydrogens is 1800 g/mol. The zero-order chi connectivity index (χ0) is 98.3. The average molecular weight is 1910 g/mol. The van der Waals surface area contributed by atoms with Crippen LogP contribution in [-0.2, 0) is 54.6 Å². The number of likely N-dealkylation sites (N-methyl/N-ethyl adjacent to an activating group) is 1. The van der Waals surface area contributed by atoms with E-state index in [4.69, 9.17) is 57.6 Å². The molecule has 0 bridgehead atoms. The van der Waals surface area contributed by atoms with Crippen LogP contribution in [0.4, 0.5) is 133 Å². The number of hydrogen-bond acceptors (Lipinski definition) is 25. The van der Waals surface area contributed by atoms with Gasteiger partial charge < -0.3 is 68.4 Å². The molecule has 0 saturated carbocycles. The van der Waals surface area contributed by atoms with Crippen molar-refractivity contribution in [2.24, 2.45) is 0 Å². The SMILES string of the molecule is COc1ccc(N2C(=O)N(c3c(C)cccc3C)Cc3cnc(Nc4cc(CN5CCN(C)CC5)cc(C(F)(F)F)c4)nc32)c(OC)c1.COc1ccc(N2C(=O)N(c3c(C)cccc3C)Cc3cnc(Nc4cc(CN5CCOCC5)cc(C(F)(F)F)c4)nc32)c(OC)c1.COc1ccc(N2C(=O)N(c3c(C)cccc3C)Cc3cnc(Nc4ccc(N5CCOCC5)c(OC)c4)nc32)c(OC)c1. The van der Waals surface area contributed by atoms with Crippen molar-refractivity contribution in [1.82, 2.24) is 44.6 Å². The third-order valence-electron chi connectivity index (χ3n) is 24.9. The predicted octanol–water partition coefficient (Wildman–Crippen LogP) is 19.9. The second-order valence-corrected chi connectivity index (χ2v) is 34.2. The van der Waals surface area contributed by atoms with Crippen molar-refractivity contribution in [2.45, 2.75) is 86.6 Å². The van der Waals surface area contributed by atoms with Crippen molar-refractivity contribution in [3.63, 3.8) is 0 Å². The highest BCUT2D eigenvalue weighted by atomic mass is 19.4. The first-order chi connectivity index (χ1) is 66.9. The molecule has 6 aliphatic rings. The summed E-state index contributed by atoms with van der Waals surface area (Å²) in [4.78, 5) is 89.4. The molecule has 3 fully saturated rings. The van der Waals surface area contributed by atoms with Crippen molar-refractivity contribution >= 4 is 110 Å². The van der Waals surface area contributed by atoms with E-state index in [-0.39, 0.29) is 66.1 Å². The Balaban J connectivity index is 0.000000151. The molecular formula is C102H109F6N19O12. The zero-order valence-electron chi connectivity index (χ0n) is 79.7. The molecule has 6 aliphatic heterocycles. The number of amides is 6. The van der Waals surface area contributed by atoms with Gasteiger partial charge >= 0.3 is 30.4 Å². The Labute approximate surface area is 801 Å². The van der Waals surface area contributed by atoms with Gasteiger partial charge in [-0.25, -0.2) is 44.0 Å². The van der Waals surface area contributed by atoms with Crippen LogP contribution in [0.5, 0.6) is 40.2 Å². The number of piperazine rings is 1. The number of alkyl halides is 6. The largest absolute Gasteiger partial charge is 0.497 e. The number of halogens is 6. The van der Waals surface area contributed by atoms with Crippen LogP contribution in [0, 0.1) is 41.5 Å². The van der Waals surface area contributed by atoms with Gasteiger partial charge in [0.1, 0.15) is 40.2 Å². The lowest BCUT2D eigenvalue weighted by Crippen LogP contribution is -2.46. The molecule has 0 atom stereocenters. The molecule has 0 radical (unpaired) electrons. The number of carbonyl (C=O) groups is 3. The predicted molar refractivity (Wildman–Crippen MR) is 521 cm³/mol. The fourth-order valence-electron chi connectivity index (χ4n) is 17.9. The minimum Gasteiger partial charge on any atom is -0.497 e. The van der Waals surface area contributed by atoms with Gasteiger partial charge in [0.2, 0.25) is 17.8 Å². The molecule has 9 aromatic carbocycles. The molecule has 0 aliphatic carbocycles. The van der Waals surface area contributed by atoms with Crippen molar-refractivity contribution in [1.29, 1.82) is 0 Å². The Morgan fingerprint density at radius 2 is 0.669 bits per heavy atom. The Morgan fingerprint density at radius 3 is 1.00 bits per heavy atom. The van der Waals surface area contributed by atoms with Crippen LogP contribution in [0.25, 0.3) is 0 Å². The molecule has 726 valence electrons. The highest BCUT2D eigenvalue weighted by molar-refractivity contribution is 6.14. The number of urea groups is 3. The number of rotatable bonds is 24. The summed E-state index contributed by atoms with van der Waals surface area (Å²) in [6.45, 7) is 21.7. The van der Waals surface area contributed by atoms with Gasteiger partial charge in [-0.05, 0) is 178 Å². The summed E-state index contributed by atoms with van der Waals surface area (Å²) in [5.74, 6) is 5.08. The van der Waals surface area contributed by atoms with E-state index in [2.05, 4.69) is 45.6 Å². The fourth-order valence-corrected chi connectivity index (χ4v) is 17.9. The number of fused-ring (bicyclic) bond motifs is 3. The van der Waals surface area contributed by atoms with Gasteiger partial charge in [-0.15, -0.1) is 0 Å². The zero-order valence-corrected chi connectivity index (χ0v) is 79.7. The smallest absolute Gasteiger partial charge is 0.416 e. The molecule has 0 unspecified atom stereocenters. The number of benzene rings is 9. The average Bonchev–Trinajstić information content (AvgIpc) is 0.751. The van der Waals surface area contributed by atoms with E-state index in [1.165, 1.54) is 44.3 Å². The van der Waals surface area contributed by atoms with E-state index >= 15 is 0 Å². The number of ether oxygens (including phenoxy) is 9. The van der Waals surface area contributed by atoms with Gasteiger partial charge in [-0.2, -0.15) is 41.3 Å². The molecule has 31 nitrogen and oxygen atoms in total. The molecule has 3 N–H and O–H groups in total. The number of nitrogens with zero attached hydrogens (tertiary/aromatic N) is 16. The number of methoxy groups -OCH3 is 7. The number of anilines is 16. The van der Waals surface area contributed by atoms with Crippen LogP contribution in [0.15, 0.2) is 182 Å². The number of para-hydroxylation sites is 3. The number of aryl methyl sites for hydroxylation is 6. The van der Waals surface area contributed by atoms with E-state index in [9.17, 15) is 40.7 Å². The first-order valence-electron chi connectivity index (χ1n) is 45.1. The molecule has 3 saturated heterocycles. The molecule has 37 heteroatoms. The van der Waals surface area contributed by atoms with Crippen LogP contribution in [-0.4, -0.2) is 198 Å². The van der Waals surface area contributed by atoms with E-state index in [0.29, 0.717) is 145 Å². The summed E-state index contributed by atoms with van der Waals surface area (Å²) in [5.41, 5.74) is 13.1. The summed E-state index contributed by atoms with van der Waals surface area (Å²) in [5, 5.41) is 9.27. The van der Waals surface area contributed by atoms with E-state index in [1.54, 1.807) is 126 Å². The van der Waals surface area contributed by atoms with E-state index < -0.39 is 23.5 Å². The second kappa shape index (κ2) is 42.0. The van der Waals surface area contributed by atoms with Gasteiger partial charge in [0.05, 0.1) is 147 Å². The van der Waals surface area contributed by atoms with Gasteiger partial charge in [-0.3, -0.25) is 24.5 Å². The quantitative estimate of drug-likeness (QED) is 0.0474. The van der Waals surface area contributed by atoms with Crippen molar-refractivity contribution < 1.29 is 83.4 Å². The lowest BCUT2D eigenvalue weighted by atomic mass is 10.1. The number of morpholine rings is 2. The number of carbonyl (C=O) groups excluding carboxylic acids is 3. The Kier molecular flexibility index (Phi) is 29.4. The summed E-state index contributed by atoms with van der Waals surface area (Å²) in [6, 6.07) is 45.8. The summed E-state index contributed by atoms with van der Waals surface area (Å²) in [7, 11) is 12.9. The number of hydrogen-bond donors (Lipinski definition) is 3. The van der Waals surface area contributed by atoms with Crippen LogP contribution < -0.4 is 83.4 Å². The van der Waals surface area contributed by atoms with Crippen molar-refractivity contribution in [3.8, 4) is 40.2 Å². The second-order valence-electron chi connectivity index (χ2n) is 34.2. The minimum absolute atomic E-state index is 0.0335. The monoisotopic (exact) mass is 1910 g/mol. The van der Waals surface area contributed by atoms with Crippen LogP contribution in [0.1, 0.15) is 72.3 Å². The normalized spacial score (nSPS) is 15.3. The summed E-state index contributed by atoms with van der Waals surface area (Å²) >= 11 is 0. The maximum Gasteiger partial charge on any atom is 0.416 e. The fraction of sp³-hybridized carbons (Fsp3) is 0.324. The first-order valence-corrected chi connectivity index (χ1v) is 45.1. The topological polar surface area (TPSA) is 280 Å². The van der Waals surface area contributed by atoms with Gasteiger partial charge in [-0.1, -0.05) is 54.6 Å². The lowest BCUT2D eigenvalue weighted by molar-refractivity contribution is -0.138. The third-order valence-corrected chi connectivity index (χ3v) is 24.9. The van der Waals surface area contributed by atoms with Gasteiger partial charge in [0.25, 0.3) is 0 Å². The van der Waals surface area contributed by atoms with Crippen molar-refractivity contribution in [3.05, 3.63) is 255 Å². The Morgan fingerprint density at radius 1 is 0.353 bits per heavy atom. The van der Waals surface area contributed by atoms with E-state index in [0.717, 1.165) is 131 Å². The summed E-state index contributed by atoms with van der Waals surface area (Å²) in [6.07, 6.45) is -4.15. The molecule has 0 spiro atoms. The van der Waals surface area contributed by atoms with Gasteiger partial charge in [0, 0.05) is 142 Å². The molecule has 139 heavy (non-hydrogen) atoms. The lowest BCUT2D eigenvalue weighted by Gasteiger charge is -2.37. The van der Waals surface area contributed by atoms with Crippen LogP contribution in [0.2, 0.25) is 0 Å². The standard InChI is InChI=1S/C35H38F3N7O3.C34H35F3N6O4.C33H36N6O5/c1-22-7-6-8-23(2)31(22)44-21-25-19-39-33(41-32(25)45(34(44)46)29-10-9-28(47-4)18-30(29)48-5)40-27-16-24(15-26(17-27)35(36,37)38)20-43-13-11-42(3)12-14-43;1-21-6-5-7-22(2)30(21)42-20-24-18-38-32(40-31(24)43(33(42)44)28-9-8-27(45-3)17-29(28)46-4)39-26-15-23(14-25(16-26)34(35,36)37)19-41-10-12-47-13-11-41;1-21-7-6-8-22(2)30(21)38-20-23-19-34-32(35-24-9-11-26(28(17-24)42-4)37-13-15-44-16-14-37)36-31(23)39(33(38)40)27-12-10-25(41-3)18-29(27)43-5/h6-10,15-19H,11-14,20-21H2,1-5H3,(H,39,40,41);5-9,14-18H,10-13,19-20H2,1-4H3,(H,38,39,40);6-12,17-19H,13-16,20H2,1-5H3,(H,34,35,36). The third kappa shape index (κ3) is 21.5. The van der Waals surface area contributed by atoms with Crippen LogP contribution >= 0.6 is 0 Å². The Bertz CT molecular complexity index is 6480. The number of nitrogens with one attached hydrogen (secondary N) is 3. The molecule has 18 rings (SSSR count). The van der Waals surface area contributed by atoms with Crippen LogP contribution in [0.3, 0.4) is 0 Å².